The Balaban J connectivity index is 1.59. The number of amides is 2. The van der Waals surface area contributed by atoms with E-state index in [0.29, 0.717) is 24.5 Å². The number of carbonyl (C=O) groups is 2. The van der Waals surface area contributed by atoms with E-state index in [2.05, 4.69) is 24.5 Å². The number of anilines is 1. The normalized spacial score (nSPS) is 14.3. The molecule has 0 saturated carbocycles. The van der Waals surface area contributed by atoms with Gasteiger partial charge in [0.05, 0.1) is 6.04 Å². The minimum atomic E-state index is -0.143. The summed E-state index contributed by atoms with van der Waals surface area (Å²) in [7, 11) is 0. The molecule has 1 heterocycles. The number of nitrogens with one attached hydrogen (secondary N) is 2. The summed E-state index contributed by atoms with van der Waals surface area (Å²) in [6.07, 6.45) is 2.04. The van der Waals surface area contributed by atoms with Crippen LogP contribution in [0.5, 0.6) is 5.75 Å². The second-order valence-corrected chi connectivity index (χ2v) is 7.32. The van der Waals surface area contributed by atoms with E-state index in [1.165, 1.54) is 0 Å². The van der Waals surface area contributed by atoms with E-state index in [-0.39, 0.29) is 24.5 Å². The van der Waals surface area contributed by atoms with Crippen LogP contribution in [0.3, 0.4) is 0 Å². The molecule has 0 saturated heterocycles. The van der Waals surface area contributed by atoms with Gasteiger partial charge in [-0.05, 0) is 48.1 Å². The number of fused-ring (bicyclic) bond motifs is 1. The van der Waals surface area contributed by atoms with Crippen molar-refractivity contribution in [2.45, 2.75) is 39.2 Å². The number of rotatable bonds is 7. The lowest BCUT2D eigenvalue weighted by Crippen LogP contribution is -2.33. The first-order valence-electron chi connectivity index (χ1n) is 9.41. The monoisotopic (exact) mass is 366 g/mol. The van der Waals surface area contributed by atoms with Gasteiger partial charge in [0.25, 0.3) is 5.91 Å². The molecular weight excluding hydrogens is 340 g/mol. The summed E-state index contributed by atoms with van der Waals surface area (Å²) < 4.78 is 5.68. The molecule has 5 heteroatoms. The molecule has 0 aliphatic carbocycles. The summed E-state index contributed by atoms with van der Waals surface area (Å²) in [5.41, 5.74) is 2.96. The fourth-order valence-electron chi connectivity index (χ4n) is 3.27. The first-order chi connectivity index (χ1) is 13.0. The molecule has 1 atom stereocenters. The summed E-state index contributed by atoms with van der Waals surface area (Å²) >= 11 is 0. The Kier molecular flexibility index (Phi) is 6.12. The summed E-state index contributed by atoms with van der Waals surface area (Å²) in [5, 5.41) is 5.92. The van der Waals surface area contributed by atoms with Gasteiger partial charge in [-0.15, -0.1) is 0 Å². The van der Waals surface area contributed by atoms with Gasteiger partial charge in [0.1, 0.15) is 5.75 Å². The van der Waals surface area contributed by atoms with Crippen molar-refractivity contribution in [1.82, 2.24) is 5.32 Å². The number of benzene rings is 2. The zero-order valence-electron chi connectivity index (χ0n) is 15.8. The number of ether oxygens (including phenoxy) is 1. The molecular formula is C22H26N2O3. The lowest BCUT2D eigenvalue weighted by atomic mass is 9.97. The molecule has 0 aromatic heterocycles. The van der Waals surface area contributed by atoms with Crippen LogP contribution >= 0.6 is 0 Å². The van der Waals surface area contributed by atoms with Crippen LogP contribution in [0.25, 0.3) is 0 Å². The van der Waals surface area contributed by atoms with Crippen molar-refractivity contribution in [2.75, 3.05) is 11.9 Å². The van der Waals surface area contributed by atoms with E-state index in [4.69, 9.17) is 4.74 Å². The van der Waals surface area contributed by atoms with Gasteiger partial charge in [-0.2, -0.15) is 0 Å². The van der Waals surface area contributed by atoms with Crippen LogP contribution in [0.2, 0.25) is 0 Å². The highest BCUT2D eigenvalue weighted by molar-refractivity contribution is 5.94. The Morgan fingerprint density at radius 3 is 2.67 bits per heavy atom. The smallest absolute Gasteiger partial charge is 0.258 e. The van der Waals surface area contributed by atoms with Crippen LogP contribution in [0.15, 0.2) is 48.5 Å². The lowest BCUT2D eigenvalue weighted by Gasteiger charge is -2.21. The summed E-state index contributed by atoms with van der Waals surface area (Å²) in [4.78, 5) is 23.8. The van der Waals surface area contributed by atoms with Crippen molar-refractivity contribution < 1.29 is 14.3 Å². The maximum atomic E-state index is 12.4. The number of hydrogen-bond donors (Lipinski definition) is 2. The molecule has 0 spiro atoms. The van der Waals surface area contributed by atoms with Crippen LogP contribution in [-0.2, 0) is 16.0 Å². The molecule has 2 aromatic rings. The first-order valence-corrected chi connectivity index (χ1v) is 9.41. The molecule has 1 aliphatic heterocycles. The van der Waals surface area contributed by atoms with Gasteiger partial charge in [0.15, 0.2) is 6.61 Å². The summed E-state index contributed by atoms with van der Waals surface area (Å²) in [6, 6.07) is 15.5. The minimum Gasteiger partial charge on any atom is -0.484 e. The van der Waals surface area contributed by atoms with Gasteiger partial charge in [-0.3, -0.25) is 9.59 Å². The number of aryl methyl sites for hydroxylation is 1. The van der Waals surface area contributed by atoms with Gasteiger partial charge in [-0.25, -0.2) is 0 Å². The predicted octanol–water partition coefficient (Wildman–Crippen LogP) is 3.85. The molecule has 2 amide bonds. The molecule has 1 unspecified atom stereocenters. The second-order valence-electron chi connectivity index (χ2n) is 7.32. The third-order valence-corrected chi connectivity index (χ3v) is 4.59. The topological polar surface area (TPSA) is 67.4 Å². The highest BCUT2D eigenvalue weighted by Crippen LogP contribution is 2.27. The van der Waals surface area contributed by atoms with E-state index in [1.807, 2.05) is 42.5 Å². The van der Waals surface area contributed by atoms with E-state index < -0.39 is 0 Å². The number of hydrogen-bond acceptors (Lipinski definition) is 3. The molecule has 27 heavy (non-hydrogen) atoms. The maximum absolute atomic E-state index is 12.4. The molecule has 0 fully saturated rings. The van der Waals surface area contributed by atoms with Crippen LogP contribution in [0, 0.1) is 5.92 Å². The lowest BCUT2D eigenvalue weighted by molar-refractivity contribution is -0.124. The predicted molar refractivity (Wildman–Crippen MR) is 106 cm³/mol. The van der Waals surface area contributed by atoms with Gasteiger partial charge in [0.2, 0.25) is 5.91 Å². The van der Waals surface area contributed by atoms with Crippen molar-refractivity contribution >= 4 is 17.5 Å². The van der Waals surface area contributed by atoms with Gasteiger partial charge < -0.3 is 15.4 Å². The Morgan fingerprint density at radius 1 is 1.15 bits per heavy atom. The molecule has 0 radical (unpaired) electrons. The summed E-state index contributed by atoms with van der Waals surface area (Å²) in [6.45, 7) is 4.25. The van der Waals surface area contributed by atoms with E-state index in [9.17, 15) is 9.59 Å². The molecule has 1 aliphatic rings. The summed E-state index contributed by atoms with van der Waals surface area (Å²) in [5.74, 6) is 0.996. The van der Waals surface area contributed by atoms with Crippen molar-refractivity contribution in [3.8, 4) is 5.75 Å². The average molecular weight is 366 g/mol. The molecule has 2 aromatic carbocycles. The van der Waals surface area contributed by atoms with Crippen molar-refractivity contribution in [3.05, 3.63) is 59.7 Å². The van der Waals surface area contributed by atoms with Gasteiger partial charge >= 0.3 is 0 Å². The molecule has 2 N–H and O–H groups in total. The minimum absolute atomic E-state index is 0.0268. The SMILES string of the molecule is CC(C)CC(NC(=O)COc1ccc2c(c1)CCC(=O)N2)c1ccccc1. The van der Waals surface area contributed by atoms with E-state index in [1.54, 1.807) is 6.07 Å². The highest BCUT2D eigenvalue weighted by atomic mass is 16.5. The number of carbonyl (C=O) groups excluding carboxylic acids is 2. The van der Waals surface area contributed by atoms with Crippen LogP contribution in [0.1, 0.15) is 43.9 Å². The van der Waals surface area contributed by atoms with Crippen molar-refractivity contribution in [2.24, 2.45) is 5.92 Å². The fraction of sp³-hybridized carbons (Fsp3) is 0.364. The van der Waals surface area contributed by atoms with Gasteiger partial charge in [-0.1, -0.05) is 44.2 Å². The Hall–Kier alpha value is -2.82. The molecule has 142 valence electrons. The standard InChI is InChI=1S/C22H26N2O3/c1-15(2)12-20(16-6-4-3-5-7-16)24-22(26)14-27-18-9-10-19-17(13-18)8-11-21(25)23-19/h3-7,9-10,13,15,20H,8,11-12,14H2,1-2H3,(H,23,25)(H,24,26). The van der Waals surface area contributed by atoms with Crippen molar-refractivity contribution in [3.63, 3.8) is 0 Å². The van der Waals surface area contributed by atoms with Crippen molar-refractivity contribution in [1.29, 1.82) is 0 Å². The van der Waals surface area contributed by atoms with Crippen LogP contribution in [0.4, 0.5) is 5.69 Å². The fourth-order valence-corrected chi connectivity index (χ4v) is 3.27. The Bertz CT molecular complexity index is 802. The van der Waals surface area contributed by atoms with Crippen LogP contribution in [-0.4, -0.2) is 18.4 Å². The maximum Gasteiger partial charge on any atom is 0.258 e. The molecule has 5 nitrogen and oxygen atoms in total. The van der Waals surface area contributed by atoms with E-state index in [0.717, 1.165) is 23.2 Å². The third kappa shape index (κ3) is 5.33. The van der Waals surface area contributed by atoms with E-state index >= 15 is 0 Å². The van der Waals surface area contributed by atoms with Gasteiger partial charge in [0, 0.05) is 12.1 Å². The quantitative estimate of drug-likeness (QED) is 0.782. The zero-order chi connectivity index (χ0) is 19.2. The Morgan fingerprint density at radius 2 is 1.93 bits per heavy atom. The first kappa shape index (κ1) is 19.0. The Labute approximate surface area is 160 Å². The largest absolute Gasteiger partial charge is 0.484 e. The zero-order valence-corrected chi connectivity index (χ0v) is 15.8. The molecule has 0 bridgehead atoms. The van der Waals surface area contributed by atoms with Crippen LogP contribution < -0.4 is 15.4 Å². The molecule has 3 rings (SSSR count). The highest BCUT2D eigenvalue weighted by Gasteiger charge is 2.18. The third-order valence-electron chi connectivity index (χ3n) is 4.59. The average Bonchev–Trinajstić information content (AvgIpc) is 2.66. The second kappa shape index (κ2) is 8.71.